The number of fused-ring (bicyclic) bond motifs is 1. The molecular formula is C23H24N4O2S. The quantitative estimate of drug-likeness (QED) is 0.457. The molecule has 154 valence electrons. The highest BCUT2D eigenvalue weighted by atomic mass is 32.2. The summed E-state index contributed by atoms with van der Waals surface area (Å²) in [6.45, 7) is 6.44. The van der Waals surface area contributed by atoms with Crippen molar-refractivity contribution < 1.29 is 9.21 Å². The van der Waals surface area contributed by atoms with Crippen LogP contribution in [0, 0.1) is 6.92 Å². The Morgan fingerprint density at radius 2 is 2.00 bits per heavy atom. The molecule has 4 rings (SSSR count). The smallest absolute Gasteiger partial charge is 0.228 e. The van der Waals surface area contributed by atoms with Crippen molar-refractivity contribution in [1.29, 1.82) is 0 Å². The van der Waals surface area contributed by atoms with Crippen LogP contribution in [0.1, 0.15) is 36.5 Å². The highest BCUT2D eigenvalue weighted by molar-refractivity contribution is 7.99. The maximum atomic E-state index is 12.6. The van der Waals surface area contributed by atoms with Gasteiger partial charge in [0.1, 0.15) is 11.9 Å². The second-order valence-corrected chi connectivity index (χ2v) is 8.74. The number of aryl methyl sites for hydroxylation is 2. The van der Waals surface area contributed by atoms with Crippen molar-refractivity contribution in [3.8, 4) is 0 Å². The lowest BCUT2D eigenvalue weighted by atomic mass is 9.95. The highest BCUT2D eigenvalue weighted by Crippen LogP contribution is 2.30. The minimum Gasteiger partial charge on any atom is -0.464 e. The van der Waals surface area contributed by atoms with E-state index in [2.05, 4.69) is 48.4 Å². The Labute approximate surface area is 179 Å². The fourth-order valence-corrected chi connectivity index (χ4v) is 4.22. The summed E-state index contributed by atoms with van der Waals surface area (Å²) in [5.41, 5.74) is 4.97. The normalized spacial score (nSPS) is 11.4. The lowest BCUT2D eigenvalue weighted by Gasteiger charge is -2.10. The molecular weight excluding hydrogens is 396 g/mol. The molecule has 7 heteroatoms. The average molecular weight is 421 g/mol. The lowest BCUT2D eigenvalue weighted by Crippen LogP contribution is -2.14. The highest BCUT2D eigenvalue weighted by Gasteiger charge is 2.14. The Morgan fingerprint density at radius 3 is 2.67 bits per heavy atom. The lowest BCUT2D eigenvalue weighted by molar-refractivity contribution is -0.115. The molecule has 0 aliphatic rings. The van der Waals surface area contributed by atoms with E-state index in [9.17, 15) is 4.79 Å². The predicted octanol–water partition coefficient (Wildman–Crippen LogP) is 5.33. The predicted molar refractivity (Wildman–Crippen MR) is 119 cm³/mol. The Kier molecular flexibility index (Phi) is 5.63. The zero-order valence-corrected chi connectivity index (χ0v) is 18.3. The first-order valence-electron chi connectivity index (χ1n) is 9.83. The van der Waals surface area contributed by atoms with Crippen molar-refractivity contribution in [1.82, 2.24) is 14.8 Å². The van der Waals surface area contributed by atoms with Gasteiger partial charge in [0.25, 0.3) is 0 Å². The Balaban J connectivity index is 1.44. The number of carbonyl (C=O) groups is 1. The summed E-state index contributed by atoms with van der Waals surface area (Å²) in [5.74, 6) is 0.349. The van der Waals surface area contributed by atoms with E-state index in [1.807, 2.05) is 35.9 Å². The average Bonchev–Trinajstić information content (AvgIpc) is 3.28. The van der Waals surface area contributed by atoms with Crippen LogP contribution in [0.2, 0.25) is 0 Å². The molecule has 0 aliphatic heterocycles. The van der Waals surface area contributed by atoms with Crippen molar-refractivity contribution >= 4 is 34.3 Å². The van der Waals surface area contributed by atoms with Gasteiger partial charge in [-0.15, -0.1) is 10.2 Å². The fourth-order valence-electron chi connectivity index (χ4n) is 3.46. The van der Waals surface area contributed by atoms with Gasteiger partial charge in [0.15, 0.2) is 5.16 Å². The number of nitrogens with zero attached hydrogens (tertiary/aromatic N) is 3. The van der Waals surface area contributed by atoms with Crippen molar-refractivity contribution in [3.05, 3.63) is 65.7 Å². The van der Waals surface area contributed by atoms with E-state index in [1.165, 1.54) is 22.9 Å². The van der Waals surface area contributed by atoms with Crippen LogP contribution in [0.3, 0.4) is 0 Å². The third-order valence-electron chi connectivity index (χ3n) is 5.03. The molecule has 0 radical (unpaired) electrons. The van der Waals surface area contributed by atoms with Gasteiger partial charge in [-0.3, -0.25) is 4.79 Å². The minimum absolute atomic E-state index is 0.0712. The number of hydrogen-bond donors (Lipinski definition) is 1. The maximum Gasteiger partial charge on any atom is 0.228 e. The summed E-state index contributed by atoms with van der Waals surface area (Å²) in [6.07, 6.45) is 3.62. The van der Waals surface area contributed by atoms with Gasteiger partial charge in [0.05, 0.1) is 12.7 Å². The van der Waals surface area contributed by atoms with Crippen molar-refractivity contribution in [3.63, 3.8) is 0 Å². The SMILES string of the molecule is Cc1cc2occ(CC(=O)Nc3ccc(Sc4nncn4C)cc3)c2cc1C(C)C. The summed E-state index contributed by atoms with van der Waals surface area (Å²) in [5, 5.41) is 12.7. The monoisotopic (exact) mass is 420 g/mol. The van der Waals surface area contributed by atoms with E-state index >= 15 is 0 Å². The van der Waals surface area contributed by atoms with Crippen LogP contribution in [0.25, 0.3) is 11.0 Å². The molecule has 2 heterocycles. The first-order chi connectivity index (χ1) is 14.4. The molecule has 30 heavy (non-hydrogen) atoms. The largest absolute Gasteiger partial charge is 0.464 e. The van der Waals surface area contributed by atoms with Gasteiger partial charge in [-0.1, -0.05) is 13.8 Å². The molecule has 1 amide bonds. The number of anilines is 1. The van der Waals surface area contributed by atoms with Crippen LogP contribution in [0.15, 0.2) is 63.5 Å². The van der Waals surface area contributed by atoms with Gasteiger partial charge in [-0.2, -0.15) is 0 Å². The van der Waals surface area contributed by atoms with Gasteiger partial charge in [0, 0.05) is 28.6 Å². The van der Waals surface area contributed by atoms with E-state index < -0.39 is 0 Å². The molecule has 0 atom stereocenters. The number of carbonyl (C=O) groups excluding carboxylic acids is 1. The van der Waals surface area contributed by atoms with Crippen LogP contribution in [-0.2, 0) is 18.3 Å². The fraction of sp³-hybridized carbons (Fsp3) is 0.261. The van der Waals surface area contributed by atoms with E-state index in [1.54, 1.807) is 12.6 Å². The Morgan fingerprint density at radius 1 is 1.23 bits per heavy atom. The number of hydrogen-bond acceptors (Lipinski definition) is 5. The zero-order chi connectivity index (χ0) is 21.3. The molecule has 0 saturated carbocycles. The number of benzene rings is 2. The van der Waals surface area contributed by atoms with Gasteiger partial charge in [-0.25, -0.2) is 0 Å². The minimum atomic E-state index is -0.0712. The zero-order valence-electron chi connectivity index (χ0n) is 17.5. The van der Waals surface area contributed by atoms with Crippen molar-refractivity contribution in [2.24, 2.45) is 7.05 Å². The van der Waals surface area contributed by atoms with E-state index in [4.69, 9.17) is 4.42 Å². The standard InChI is InChI=1S/C23H24N4O2S/c1-14(2)19-11-20-16(12-29-21(20)9-15(19)3)10-22(28)25-17-5-7-18(8-6-17)30-23-26-24-13-27(23)4/h5-9,11-14H,10H2,1-4H3,(H,25,28). The first-order valence-corrected chi connectivity index (χ1v) is 10.6. The van der Waals surface area contributed by atoms with Gasteiger partial charge in [-0.05, 0) is 72.1 Å². The molecule has 0 aliphatic carbocycles. The van der Waals surface area contributed by atoms with Gasteiger partial charge >= 0.3 is 0 Å². The molecule has 0 spiro atoms. The summed E-state index contributed by atoms with van der Waals surface area (Å²) >= 11 is 1.52. The molecule has 6 nitrogen and oxygen atoms in total. The van der Waals surface area contributed by atoms with Crippen LogP contribution < -0.4 is 5.32 Å². The maximum absolute atomic E-state index is 12.6. The molecule has 2 aromatic heterocycles. The molecule has 2 aromatic carbocycles. The molecule has 4 aromatic rings. The number of furan rings is 1. The summed E-state index contributed by atoms with van der Waals surface area (Å²) in [4.78, 5) is 13.6. The van der Waals surface area contributed by atoms with Crippen LogP contribution in [-0.4, -0.2) is 20.7 Å². The third kappa shape index (κ3) is 4.26. The van der Waals surface area contributed by atoms with Crippen LogP contribution >= 0.6 is 11.8 Å². The number of aromatic nitrogens is 3. The molecule has 0 saturated heterocycles. The molecule has 0 unspecified atom stereocenters. The van der Waals surface area contributed by atoms with Crippen LogP contribution in [0.5, 0.6) is 0 Å². The van der Waals surface area contributed by atoms with E-state index in [0.717, 1.165) is 32.3 Å². The Bertz CT molecular complexity index is 1190. The third-order valence-corrected chi connectivity index (χ3v) is 6.09. The molecule has 0 fully saturated rings. The van der Waals surface area contributed by atoms with E-state index in [0.29, 0.717) is 5.92 Å². The number of nitrogens with one attached hydrogen (secondary N) is 1. The summed E-state index contributed by atoms with van der Waals surface area (Å²) in [7, 11) is 1.90. The molecule has 0 bridgehead atoms. The molecule has 1 N–H and O–H groups in total. The Hall–Kier alpha value is -3.06. The second kappa shape index (κ2) is 8.36. The first kappa shape index (κ1) is 20.2. The van der Waals surface area contributed by atoms with Crippen molar-refractivity contribution in [2.75, 3.05) is 5.32 Å². The summed E-state index contributed by atoms with van der Waals surface area (Å²) < 4.78 is 7.56. The van der Waals surface area contributed by atoms with Crippen LogP contribution in [0.4, 0.5) is 5.69 Å². The summed E-state index contributed by atoms with van der Waals surface area (Å²) in [6, 6.07) is 11.9. The number of amides is 1. The van der Waals surface area contributed by atoms with Gasteiger partial charge < -0.3 is 14.3 Å². The topological polar surface area (TPSA) is 73.0 Å². The van der Waals surface area contributed by atoms with Crippen molar-refractivity contribution in [2.45, 2.75) is 43.2 Å². The number of rotatable bonds is 6. The van der Waals surface area contributed by atoms with Gasteiger partial charge in [0.2, 0.25) is 5.91 Å². The van der Waals surface area contributed by atoms with E-state index in [-0.39, 0.29) is 12.3 Å². The second-order valence-electron chi connectivity index (χ2n) is 7.70.